The van der Waals surface area contributed by atoms with Crippen LogP contribution in [0.4, 0.5) is 0 Å². The van der Waals surface area contributed by atoms with Crippen molar-refractivity contribution < 1.29 is 19.4 Å². The number of ketones is 1. The first kappa shape index (κ1) is 27.5. The zero-order valence-electron chi connectivity index (χ0n) is 20.3. The molecule has 182 valence electrons. The number of methoxy groups -OCH3 is 1. The molecule has 2 rings (SSSR count). The number of benzene rings is 2. The van der Waals surface area contributed by atoms with Crippen molar-refractivity contribution in [1.29, 1.82) is 0 Å². The van der Waals surface area contributed by atoms with Crippen LogP contribution in [-0.4, -0.2) is 24.6 Å². The summed E-state index contributed by atoms with van der Waals surface area (Å²) >= 11 is 12.3. The van der Waals surface area contributed by atoms with Gasteiger partial charge in [0, 0.05) is 12.0 Å². The van der Waals surface area contributed by atoms with Crippen LogP contribution in [0.3, 0.4) is 0 Å². The summed E-state index contributed by atoms with van der Waals surface area (Å²) < 4.78 is 11.1. The van der Waals surface area contributed by atoms with Gasteiger partial charge in [0.2, 0.25) is 0 Å². The highest BCUT2D eigenvalue weighted by Crippen LogP contribution is 2.31. The topological polar surface area (TPSA) is 55.8 Å². The molecular weight excluding hydrogens is 459 g/mol. The van der Waals surface area contributed by atoms with E-state index >= 15 is 0 Å². The molecule has 0 spiro atoms. The van der Waals surface area contributed by atoms with Gasteiger partial charge >= 0.3 is 0 Å². The van der Waals surface area contributed by atoms with Crippen LogP contribution in [0.5, 0.6) is 11.5 Å². The fourth-order valence-electron chi connectivity index (χ4n) is 3.43. The van der Waals surface area contributed by atoms with E-state index < -0.39 is 6.10 Å². The number of aliphatic hydroxyl groups excluding tert-OH is 1. The maximum atomic E-state index is 12.5. The normalized spacial score (nSPS) is 13.5. The maximum absolute atomic E-state index is 12.5. The van der Waals surface area contributed by atoms with Crippen LogP contribution >= 0.6 is 23.2 Å². The lowest BCUT2D eigenvalue weighted by Gasteiger charge is -2.18. The third kappa shape index (κ3) is 9.19. The lowest BCUT2D eigenvalue weighted by molar-refractivity contribution is 0.0965. The number of carbonyl (C=O) groups excluding carboxylic acids is 1. The Kier molecular flexibility index (Phi) is 10.5. The van der Waals surface area contributed by atoms with Gasteiger partial charge in [-0.2, -0.15) is 0 Å². The fraction of sp³-hybridized carbons (Fsp3) is 0.519. The van der Waals surface area contributed by atoms with Crippen LogP contribution in [0, 0.1) is 11.3 Å². The van der Waals surface area contributed by atoms with Gasteiger partial charge in [0.05, 0.1) is 29.9 Å². The molecule has 4 nitrogen and oxygen atoms in total. The molecular formula is C27H36Cl2O4. The highest BCUT2D eigenvalue weighted by molar-refractivity contribution is 6.32. The Hall–Kier alpha value is -1.75. The molecule has 0 heterocycles. The molecule has 0 radical (unpaired) electrons. The molecule has 6 heteroatoms. The zero-order chi connectivity index (χ0) is 24.6. The van der Waals surface area contributed by atoms with Crippen LogP contribution in [-0.2, 0) is 0 Å². The second-order valence-electron chi connectivity index (χ2n) is 9.86. The Bertz CT molecular complexity index is 921. The molecule has 0 saturated carbocycles. The van der Waals surface area contributed by atoms with E-state index in [1.54, 1.807) is 37.4 Å². The SMILES string of the molecule is COc1cc(C(O)CCC(C)CCOc2cc(C(=O)CCC(C)(C)C)ccc2Cl)ccc1Cl. The number of halogens is 2. The lowest BCUT2D eigenvalue weighted by Crippen LogP contribution is -2.10. The third-order valence-corrected chi connectivity index (χ3v) is 6.34. The number of hydrogen-bond donors (Lipinski definition) is 1. The maximum Gasteiger partial charge on any atom is 0.163 e. The quantitative estimate of drug-likeness (QED) is 0.304. The van der Waals surface area contributed by atoms with E-state index in [1.807, 2.05) is 6.07 Å². The molecule has 2 aromatic carbocycles. The van der Waals surface area contributed by atoms with Crippen molar-refractivity contribution >= 4 is 29.0 Å². The van der Waals surface area contributed by atoms with E-state index in [9.17, 15) is 9.90 Å². The fourth-order valence-corrected chi connectivity index (χ4v) is 3.79. The van der Waals surface area contributed by atoms with Crippen molar-refractivity contribution in [3.8, 4) is 11.5 Å². The minimum Gasteiger partial charge on any atom is -0.495 e. The number of Topliss-reactive ketones (excluding diaryl/α,β-unsaturated/α-hetero) is 1. The van der Waals surface area contributed by atoms with Crippen LogP contribution in [0.1, 0.15) is 81.8 Å². The highest BCUT2D eigenvalue weighted by atomic mass is 35.5. The van der Waals surface area contributed by atoms with E-state index in [2.05, 4.69) is 27.7 Å². The largest absolute Gasteiger partial charge is 0.495 e. The number of hydrogen-bond acceptors (Lipinski definition) is 4. The van der Waals surface area contributed by atoms with E-state index in [1.165, 1.54) is 0 Å². The number of ether oxygens (including phenoxy) is 2. The Morgan fingerprint density at radius 2 is 1.67 bits per heavy atom. The minimum atomic E-state index is -0.579. The molecule has 2 aromatic rings. The van der Waals surface area contributed by atoms with Crippen LogP contribution in [0.2, 0.25) is 10.0 Å². The average Bonchev–Trinajstić information content (AvgIpc) is 2.76. The Balaban J connectivity index is 1.82. The summed E-state index contributed by atoms with van der Waals surface area (Å²) in [6.45, 7) is 9.01. The molecule has 2 unspecified atom stereocenters. The van der Waals surface area contributed by atoms with E-state index in [4.69, 9.17) is 32.7 Å². The number of aliphatic hydroxyl groups is 1. The molecule has 0 aliphatic carbocycles. The van der Waals surface area contributed by atoms with Crippen molar-refractivity contribution in [2.75, 3.05) is 13.7 Å². The predicted molar refractivity (Wildman–Crippen MR) is 136 cm³/mol. The molecule has 0 amide bonds. The molecule has 0 saturated heterocycles. The van der Waals surface area contributed by atoms with Gasteiger partial charge in [0.1, 0.15) is 11.5 Å². The standard InChI is InChI=1S/C27H36Cl2O4/c1-18(6-11-23(30)19-7-9-21(28)25(16-19)32-5)13-15-33-26-17-20(8-10-22(26)29)24(31)12-14-27(2,3)4/h7-10,16-18,23,30H,6,11-15H2,1-5H3. The van der Waals surface area contributed by atoms with Crippen molar-refractivity contribution in [1.82, 2.24) is 0 Å². The predicted octanol–water partition coefficient (Wildman–Crippen LogP) is 7.93. The second-order valence-corrected chi connectivity index (χ2v) is 10.7. The van der Waals surface area contributed by atoms with Crippen molar-refractivity contribution in [2.45, 2.75) is 65.9 Å². The van der Waals surface area contributed by atoms with Gasteiger partial charge in [-0.05, 0) is 72.9 Å². The lowest BCUT2D eigenvalue weighted by atomic mass is 9.88. The second kappa shape index (κ2) is 12.6. The van der Waals surface area contributed by atoms with Crippen molar-refractivity contribution in [3.63, 3.8) is 0 Å². The summed E-state index contributed by atoms with van der Waals surface area (Å²) in [5, 5.41) is 11.5. The van der Waals surface area contributed by atoms with Crippen molar-refractivity contribution in [3.05, 3.63) is 57.6 Å². The zero-order valence-corrected chi connectivity index (χ0v) is 21.8. The van der Waals surface area contributed by atoms with Gasteiger partial charge in [-0.1, -0.05) is 57.0 Å². The molecule has 0 fully saturated rings. The smallest absolute Gasteiger partial charge is 0.163 e. The van der Waals surface area contributed by atoms with Gasteiger partial charge in [-0.25, -0.2) is 0 Å². The number of carbonyl (C=O) groups is 1. The highest BCUT2D eigenvalue weighted by Gasteiger charge is 2.16. The van der Waals surface area contributed by atoms with Crippen LogP contribution in [0.25, 0.3) is 0 Å². The van der Waals surface area contributed by atoms with Crippen LogP contribution in [0.15, 0.2) is 36.4 Å². The molecule has 0 aliphatic rings. The van der Waals surface area contributed by atoms with Gasteiger partial charge in [-0.3, -0.25) is 4.79 Å². The Morgan fingerprint density at radius 1 is 1.00 bits per heavy atom. The first-order valence-corrected chi connectivity index (χ1v) is 12.2. The summed E-state index contributed by atoms with van der Waals surface area (Å²) in [6, 6.07) is 10.6. The van der Waals surface area contributed by atoms with Gasteiger partial charge < -0.3 is 14.6 Å². The summed E-state index contributed by atoms with van der Waals surface area (Å²) in [4.78, 5) is 12.5. The molecule has 33 heavy (non-hydrogen) atoms. The number of rotatable bonds is 12. The summed E-state index contributed by atoms with van der Waals surface area (Å²) in [6.07, 6.45) is 3.04. The van der Waals surface area contributed by atoms with Gasteiger partial charge in [0.25, 0.3) is 0 Å². The monoisotopic (exact) mass is 494 g/mol. The van der Waals surface area contributed by atoms with E-state index in [0.717, 1.165) is 24.8 Å². The molecule has 0 bridgehead atoms. The van der Waals surface area contributed by atoms with E-state index in [0.29, 0.717) is 52.5 Å². The molecule has 0 aliphatic heterocycles. The summed E-state index contributed by atoms with van der Waals surface area (Å²) in [7, 11) is 1.56. The summed E-state index contributed by atoms with van der Waals surface area (Å²) in [5.41, 5.74) is 1.54. The first-order valence-electron chi connectivity index (χ1n) is 11.5. The van der Waals surface area contributed by atoms with Gasteiger partial charge in [0.15, 0.2) is 5.78 Å². The van der Waals surface area contributed by atoms with Gasteiger partial charge in [-0.15, -0.1) is 0 Å². The molecule has 0 aromatic heterocycles. The third-order valence-electron chi connectivity index (χ3n) is 5.72. The summed E-state index contributed by atoms with van der Waals surface area (Å²) in [5.74, 6) is 1.56. The minimum absolute atomic E-state index is 0.104. The molecule has 2 atom stereocenters. The Labute approximate surface area is 208 Å². The first-order chi connectivity index (χ1) is 15.5. The average molecular weight is 495 g/mol. The molecule has 1 N–H and O–H groups in total. The van der Waals surface area contributed by atoms with Crippen LogP contribution < -0.4 is 9.47 Å². The Morgan fingerprint density at radius 3 is 2.33 bits per heavy atom. The van der Waals surface area contributed by atoms with Crippen molar-refractivity contribution in [2.24, 2.45) is 11.3 Å². The van der Waals surface area contributed by atoms with E-state index in [-0.39, 0.29) is 11.2 Å².